The highest BCUT2D eigenvalue weighted by atomic mass is 32.1. The molecule has 0 bridgehead atoms. The Balaban J connectivity index is 3.21. The summed E-state index contributed by atoms with van der Waals surface area (Å²) in [5.41, 5.74) is 5.34. The van der Waals surface area contributed by atoms with E-state index in [-0.39, 0.29) is 0 Å². The second-order valence-electron chi connectivity index (χ2n) is 2.52. The van der Waals surface area contributed by atoms with E-state index in [1.165, 1.54) is 6.42 Å². The van der Waals surface area contributed by atoms with Gasteiger partial charge in [-0.3, -0.25) is 0 Å². The van der Waals surface area contributed by atoms with Crippen molar-refractivity contribution in [3.63, 3.8) is 0 Å². The normalized spacial score (nSPS) is 10.3. The van der Waals surface area contributed by atoms with E-state index in [1.807, 2.05) is 0 Å². The number of thiocarbonyl (C=S) groups is 1. The van der Waals surface area contributed by atoms with Gasteiger partial charge in [-0.05, 0) is 20.0 Å². The summed E-state index contributed by atoms with van der Waals surface area (Å²) in [6.45, 7) is 4.28. The van der Waals surface area contributed by atoms with E-state index in [0.29, 0.717) is 4.99 Å². The van der Waals surface area contributed by atoms with Gasteiger partial charge in [0.1, 0.15) is 0 Å². The maximum absolute atomic E-state index is 5.34. The minimum absolute atomic E-state index is 0.614. The van der Waals surface area contributed by atoms with E-state index >= 15 is 0 Å². The predicted molar refractivity (Wildman–Crippen MR) is 49.2 cm³/mol. The second kappa shape index (κ2) is 5.62. The lowest BCUT2D eigenvalue weighted by Gasteiger charge is -2.13. The van der Waals surface area contributed by atoms with Gasteiger partial charge in [0.05, 0.1) is 4.99 Å². The fourth-order valence-electron chi connectivity index (χ4n) is 0.795. The van der Waals surface area contributed by atoms with Gasteiger partial charge in [-0.1, -0.05) is 19.1 Å². The summed E-state index contributed by atoms with van der Waals surface area (Å²) in [5.74, 6) is 0. The van der Waals surface area contributed by atoms with Crippen molar-refractivity contribution in [1.82, 2.24) is 4.90 Å². The van der Waals surface area contributed by atoms with Crippen molar-refractivity contribution in [3.05, 3.63) is 0 Å². The van der Waals surface area contributed by atoms with Gasteiger partial charge in [0.15, 0.2) is 0 Å². The van der Waals surface area contributed by atoms with Crippen molar-refractivity contribution in [2.75, 3.05) is 20.1 Å². The van der Waals surface area contributed by atoms with Gasteiger partial charge < -0.3 is 10.6 Å². The zero-order chi connectivity index (χ0) is 7.98. The Morgan fingerprint density at radius 2 is 2.10 bits per heavy atom. The number of hydrogen-bond acceptors (Lipinski definition) is 2. The summed E-state index contributed by atoms with van der Waals surface area (Å²) in [6, 6.07) is 0. The average molecular weight is 160 g/mol. The van der Waals surface area contributed by atoms with Crippen molar-refractivity contribution in [2.24, 2.45) is 5.73 Å². The smallest absolute Gasteiger partial charge is 0.0740 e. The molecule has 0 fully saturated rings. The number of hydrogen-bond donors (Lipinski definition) is 1. The van der Waals surface area contributed by atoms with Crippen molar-refractivity contribution in [2.45, 2.75) is 19.8 Å². The molecule has 0 rings (SSSR count). The molecule has 0 unspecified atom stereocenters. The third-order valence-corrected chi connectivity index (χ3v) is 1.55. The molecule has 0 heterocycles. The summed E-state index contributed by atoms with van der Waals surface area (Å²) in [7, 11) is 2.09. The first kappa shape index (κ1) is 9.85. The van der Waals surface area contributed by atoms with Gasteiger partial charge >= 0.3 is 0 Å². The molecule has 0 radical (unpaired) electrons. The lowest BCUT2D eigenvalue weighted by Crippen LogP contribution is -2.24. The van der Waals surface area contributed by atoms with Gasteiger partial charge in [-0.15, -0.1) is 0 Å². The lowest BCUT2D eigenvalue weighted by atomic mass is 10.3. The first-order valence-electron chi connectivity index (χ1n) is 3.63. The van der Waals surface area contributed by atoms with Gasteiger partial charge in [0.25, 0.3) is 0 Å². The SMILES string of the molecule is CCCN(C)CCC(N)=S. The number of rotatable bonds is 5. The van der Waals surface area contributed by atoms with E-state index in [1.54, 1.807) is 0 Å². The molecule has 0 aliphatic rings. The molecule has 0 atom stereocenters. The van der Waals surface area contributed by atoms with Crippen LogP contribution >= 0.6 is 12.2 Å². The molecular formula is C7H16N2S. The van der Waals surface area contributed by atoms with Crippen LogP contribution in [0.4, 0.5) is 0 Å². The zero-order valence-corrected chi connectivity index (χ0v) is 7.58. The van der Waals surface area contributed by atoms with Crippen LogP contribution in [0.5, 0.6) is 0 Å². The van der Waals surface area contributed by atoms with Crippen LogP contribution in [-0.2, 0) is 0 Å². The van der Waals surface area contributed by atoms with Crippen LogP contribution in [0.2, 0.25) is 0 Å². The highest BCUT2D eigenvalue weighted by molar-refractivity contribution is 7.80. The summed E-state index contributed by atoms with van der Waals surface area (Å²) in [5, 5.41) is 0. The molecular weight excluding hydrogens is 144 g/mol. The Hall–Kier alpha value is -0.150. The molecule has 3 heteroatoms. The second-order valence-corrected chi connectivity index (χ2v) is 3.04. The molecule has 2 N–H and O–H groups in total. The molecule has 60 valence electrons. The largest absolute Gasteiger partial charge is 0.393 e. The van der Waals surface area contributed by atoms with E-state index in [2.05, 4.69) is 18.9 Å². The molecule has 0 spiro atoms. The van der Waals surface area contributed by atoms with Crippen LogP contribution in [-0.4, -0.2) is 30.0 Å². The topological polar surface area (TPSA) is 29.3 Å². The van der Waals surface area contributed by atoms with Crippen molar-refractivity contribution < 1.29 is 0 Å². The molecule has 0 aromatic heterocycles. The van der Waals surface area contributed by atoms with E-state index < -0.39 is 0 Å². The van der Waals surface area contributed by atoms with Crippen LogP contribution in [0.3, 0.4) is 0 Å². The first-order chi connectivity index (χ1) is 4.66. The van der Waals surface area contributed by atoms with Crippen LogP contribution in [0.25, 0.3) is 0 Å². The molecule has 0 aromatic rings. The summed E-state index contributed by atoms with van der Waals surface area (Å²) in [6.07, 6.45) is 2.03. The quantitative estimate of drug-likeness (QED) is 0.608. The van der Waals surface area contributed by atoms with E-state index in [0.717, 1.165) is 19.5 Å². The van der Waals surface area contributed by atoms with Gasteiger partial charge in [0.2, 0.25) is 0 Å². The molecule has 2 nitrogen and oxygen atoms in total. The molecule has 10 heavy (non-hydrogen) atoms. The van der Waals surface area contributed by atoms with Gasteiger partial charge in [0, 0.05) is 13.0 Å². The van der Waals surface area contributed by atoms with E-state index in [9.17, 15) is 0 Å². The summed E-state index contributed by atoms with van der Waals surface area (Å²) in [4.78, 5) is 2.85. The van der Waals surface area contributed by atoms with Crippen LogP contribution < -0.4 is 5.73 Å². The highest BCUT2D eigenvalue weighted by Gasteiger charge is 1.95. The summed E-state index contributed by atoms with van der Waals surface area (Å²) < 4.78 is 0. The Morgan fingerprint density at radius 1 is 1.50 bits per heavy atom. The standard InChI is InChI=1S/C7H16N2S/c1-3-5-9(2)6-4-7(8)10/h3-6H2,1-2H3,(H2,8,10). The van der Waals surface area contributed by atoms with Gasteiger partial charge in [-0.2, -0.15) is 0 Å². The fraction of sp³-hybridized carbons (Fsp3) is 0.857. The molecule has 0 saturated heterocycles. The number of nitrogens with two attached hydrogens (primary N) is 1. The Labute approximate surface area is 68.4 Å². The Bertz CT molecular complexity index is 104. The summed E-state index contributed by atoms with van der Waals surface area (Å²) >= 11 is 4.75. The first-order valence-corrected chi connectivity index (χ1v) is 4.04. The Morgan fingerprint density at radius 3 is 2.50 bits per heavy atom. The molecule has 0 aromatic carbocycles. The molecule has 0 saturated carbocycles. The predicted octanol–water partition coefficient (Wildman–Crippen LogP) is 1.00. The van der Waals surface area contributed by atoms with Crippen LogP contribution in [0.1, 0.15) is 19.8 Å². The van der Waals surface area contributed by atoms with Crippen molar-refractivity contribution in [1.29, 1.82) is 0 Å². The fourth-order valence-corrected chi connectivity index (χ4v) is 0.886. The Kier molecular flexibility index (Phi) is 5.54. The monoisotopic (exact) mass is 160 g/mol. The molecule has 0 aliphatic carbocycles. The van der Waals surface area contributed by atoms with Crippen LogP contribution in [0, 0.1) is 0 Å². The number of nitrogens with zero attached hydrogens (tertiary/aromatic N) is 1. The van der Waals surface area contributed by atoms with E-state index in [4.69, 9.17) is 18.0 Å². The lowest BCUT2D eigenvalue weighted by molar-refractivity contribution is 0.345. The van der Waals surface area contributed by atoms with Gasteiger partial charge in [-0.25, -0.2) is 0 Å². The van der Waals surface area contributed by atoms with Crippen molar-refractivity contribution >= 4 is 17.2 Å². The highest BCUT2D eigenvalue weighted by Crippen LogP contribution is 1.89. The third-order valence-electron chi connectivity index (χ3n) is 1.35. The minimum Gasteiger partial charge on any atom is -0.393 e. The van der Waals surface area contributed by atoms with Crippen molar-refractivity contribution in [3.8, 4) is 0 Å². The molecule has 0 amide bonds. The zero-order valence-electron chi connectivity index (χ0n) is 6.76. The molecule has 0 aliphatic heterocycles. The maximum atomic E-state index is 5.34. The van der Waals surface area contributed by atoms with Crippen LogP contribution in [0.15, 0.2) is 0 Å². The minimum atomic E-state index is 0.614. The maximum Gasteiger partial charge on any atom is 0.0740 e. The average Bonchev–Trinajstić information content (AvgIpc) is 1.85. The third kappa shape index (κ3) is 5.98.